The van der Waals surface area contributed by atoms with Crippen LogP contribution in [0.4, 0.5) is 11.4 Å². The van der Waals surface area contributed by atoms with Gasteiger partial charge in [-0.25, -0.2) is 0 Å². The van der Waals surface area contributed by atoms with Gasteiger partial charge in [-0.05, 0) is 24.3 Å². The van der Waals surface area contributed by atoms with Crippen molar-refractivity contribution >= 4 is 35.0 Å². The van der Waals surface area contributed by atoms with E-state index in [-0.39, 0.29) is 24.1 Å². The van der Waals surface area contributed by atoms with E-state index >= 15 is 0 Å². The number of para-hydroxylation sites is 2. The van der Waals surface area contributed by atoms with E-state index in [9.17, 15) is 9.59 Å². The minimum absolute atomic E-state index is 0.00101. The molecule has 9 heteroatoms. The summed E-state index contributed by atoms with van der Waals surface area (Å²) in [7, 11) is 1.60. The molecule has 1 N–H and O–H groups in total. The molecule has 0 spiro atoms. The van der Waals surface area contributed by atoms with Crippen LogP contribution < -0.4 is 15.0 Å². The van der Waals surface area contributed by atoms with Gasteiger partial charge in [0.1, 0.15) is 18.6 Å². The Kier molecular flexibility index (Phi) is 4.98. The van der Waals surface area contributed by atoms with Crippen LogP contribution in [0.15, 0.2) is 60.0 Å². The zero-order valence-corrected chi connectivity index (χ0v) is 15.8. The molecular weight excluding hydrogens is 378 g/mol. The standard InChI is InChI=1S/C19H17N5O3S/c1-27-14-6-4-5-13(9-14)24-12-20-22-19(24)28-11-18(26)23-10-17(25)21-15-7-2-3-8-16(15)23/h2-9,12H,10-11H2,1H3,(H,21,25). The van der Waals surface area contributed by atoms with Gasteiger partial charge < -0.3 is 15.0 Å². The number of anilines is 2. The van der Waals surface area contributed by atoms with Gasteiger partial charge in [0.25, 0.3) is 0 Å². The number of nitrogens with zero attached hydrogens (tertiary/aromatic N) is 4. The van der Waals surface area contributed by atoms with Crippen molar-refractivity contribution in [3.8, 4) is 11.4 Å². The van der Waals surface area contributed by atoms with Crippen LogP contribution >= 0.6 is 11.8 Å². The predicted octanol–water partition coefficient (Wildman–Crippen LogP) is 2.35. The maximum atomic E-state index is 12.8. The summed E-state index contributed by atoms with van der Waals surface area (Å²) < 4.78 is 7.04. The van der Waals surface area contributed by atoms with Crippen LogP contribution in [0.3, 0.4) is 0 Å². The molecule has 28 heavy (non-hydrogen) atoms. The highest BCUT2D eigenvalue weighted by Crippen LogP contribution is 2.30. The SMILES string of the molecule is COc1cccc(-n2cnnc2SCC(=O)N2CC(=O)Nc3ccccc32)c1. The number of ether oxygens (including phenoxy) is 1. The third-order valence-corrected chi connectivity index (χ3v) is 5.17. The van der Waals surface area contributed by atoms with Crippen LogP contribution in [0.5, 0.6) is 5.75 Å². The molecule has 2 amide bonds. The molecule has 0 aliphatic carbocycles. The Morgan fingerprint density at radius 1 is 1.25 bits per heavy atom. The highest BCUT2D eigenvalue weighted by Gasteiger charge is 2.26. The molecule has 2 heterocycles. The van der Waals surface area contributed by atoms with Crippen molar-refractivity contribution in [2.75, 3.05) is 29.6 Å². The Bertz CT molecular complexity index is 1040. The molecule has 1 aliphatic rings. The lowest BCUT2D eigenvalue weighted by Crippen LogP contribution is -2.43. The molecule has 0 bridgehead atoms. The number of carbonyl (C=O) groups is 2. The zero-order valence-electron chi connectivity index (χ0n) is 15.0. The Morgan fingerprint density at radius 3 is 2.96 bits per heavy atom. The minimum Gasteiger partial charge on any atom is -0.497 e. The number of benzene rings is 2. The molecule has 0 atom stereocenters. The number of amides is 2. The van der Waals surface area contributed by atoms with Crippen LogP contribution in [-0.4, -0.2) is 46.0 Å². The van der Waals surface area contributed by atoms with Crippen LogP contribution in [0.2, 0.25) is 0 Å². The van der Waals surface area contributed by atoms with E-state index in [1.807, 2.05) is 42.5 Å². The summed E-state index contributed by atoms with van der Waals surface area (Å²) in [6, 6.07) is 14.7. The highest BCUT2D eigenvalue weighted by atomic mass is 32.2. The van der Waals surface area contributed by atoms with E-state index in [2.05, 4.69) is 15.5 Å². The first-order chi connectivity index (χ1) is 13.7. The van der Waals surface area contributed by atoms with E-state index in [0.29, 0.717) is 22.3 Å². The normalized spacial score (nSPS) is 13.0. The molecule has 1 aliphatic heterocycles. The van der Waals surface area contributed by atoms with Crippen molar-refractivity contribution < 1.29 is 14.3 Å². The van der Waals surface area contributed by atoms with Gasteiger partial charge >= 0.3 is 0 Å². The second-order valence-electron chi connectivity index (χ2n) is 6.02. The molecule has 1 aromatic heterocycles. The topological polar surface area (TPSA) is 89.3 Å². The predicted molar refractivity (Wildman–Crippen MR) is 106 cm³/mol. The van der Waals surface area contributed by atoms with E-state index in [1.54, 1.807) is 24.1 Å². The van der Waals surface area contributed by atoms with Gasteiger partial charge in [0.15, 0.2) is 5.16 Å². The van der Waals surface area contributed by atoms with Gasteiger partial charge in [-0.2, -0.15) is 0 Å². The largest absolute Gasteiger partial charge is 0.497 e. The number of aromatic nitrogens is 3. The van der Waals surface area contributed by atoms with Crippen molar-refractivity contribution in [3.63, 3.8) is 0 Å². The molecule has 0 radical (unpaired) electrons. The van der Waals surface area contributed by atoms with Crippen LogP contribution in [0, 0.1) is 0 Å². The van der Waals surface area contributed by atoms with Gasteiger partial charge in [-0.15, -0.1) is 10.2 Å². The first-order valence-electron chi connectivity index (χ1n) is 8.52. The summed E-state index contributed by atoms with van der Waals surface area (Å²) >= 11 is 1.27. The average molecular weight is 395 g/mol. The first-order valence-corrected chi connectivity index (χ1v) is 9.51. The van der Waals surface area contributed by atoms with Crippen LogP contribution in [-0.2, 0) is 9.59 Å². The number of thioether (sulfide) groups is 1. The van der Waals surface area contributed by atoms with Crippen LogP contribution in [0.25, 0.3) is 5.69 Å². The Balaban J connectivity index is 1.51. The second-order valence-corrected chi connectivity index (χ2v) is 6.96. The number of nitrogens with one attached hydrogen (secondary N) is 1. The van der Waals surface area contributed by atoms with Gasteiger partial charge in [0.05, 0.1) is 29.9 Å². The van der Waals surface area contributed by atoms with Gasteiger partial charge in [-0.1, -0.05) is 30.0 Å². The third kappa shape index (κ3) is 3.56. The fraction of sp³-hybridized carbons (Fsp3) is 0.158. The van der Waals surface area contributed by atoms with Crippen molar-refractivity contribution in [2.45, 2.75) is 5.16 Å². The van der Waals surface area contributed by atoms with E-state index in [0.717, 1.165) is 5.69 Å². The third-order valence-electron chi connectivity index (χ3n) is 4.24. The number of fused-ring (bicyclic) bond motifs is 1. The molecule has 8 nitrogen and oxygen atoms in total. The zero-order chi connectivity index (χ0) is 19.5. The lowest BCUT2D eigenvalue weighted by atomic mass is 10.2. The number of hydrogen-bond acceptors (Lipinski definition) is 6. The summed E-state index contributed by atoms with van der Waals surface area (Å²) in [6.07, 6.45) is 1.59. The van der Waals surface area contributed by atoms with E-state index in [4.69, 9.17) is 4.74 Å². The highest BCUT2D eigenvalue weighted by molar-refractivity contribution is 7.99. The Hall–Kier alpha value is -3.33. The summed E-state index contributed by atoms with van der Waals surface area (Å²) in [5.74, 6) is 0.461. The van der Waals surface area contributed by atoms with Crippen LogP contribution in [0.1, 0.15) is 0 Å². The minimum atomic E-state index is -0.211. The molecule has 0 saturated heterocycles. The van der Waals surface area contributed by atoms with Gasteiger partial charge in [0.2, 0.25) is 11.8 Å². The van der Waals surface area contributed by atoms with Crippen molar-refractivity contribution in [2.24, 2.45) is 0 Å². The molecule has 0 saturated carbocycles. The lowest BCUT2D eigenvalue weighted by molar-refractivity contribution is -0.120. The molecule has 3 aromatic rings. The molecule has 2 aromatic carbocycles. The molecule has 142 valence electrons. The number of carbonyl (C=O) groups excluding carboxylic acids is 2. The lowest BCUT2D eigenvalue weighted by Gasteiger charge is -2.29. The maximum Gasteiger partial charge on any atom is 0.244 e. The Labute approximate surface area is 165 Å². The number of methoxy groups -OCH3 is 1. The number of hydrogen-bond donors (Lipinski definition) is 1. The molecule has 0 unspecified atom stereocenters. The van der Waals surface area contributed by atoms with E-state index < -0.39 is 0 Å². The monoisotopic (exact) mass is 395 g/mol. The van der Waals surface area contributed by atoms with Gasteiger partial charge in [-0.3, -0.25) is 14.2 Å². The summed E-state index contributed by atoms with van der Waals surface area (Å²) in [5.41, 5.74) is 2.17. The van der Waals surface area contributed by atoms with Gasteiger partial charge in [0, 0.05) is 6.07 Å². The van der Waals surface area contributed by atoms with Crippen molar-refractivity contribution in [1.82, 2.24) is 14.8 Å². The summed E-state index contributed by atoms with van der Waals surface area (Å²) in [4.78, 5) is 26.2. The van der Waals surface area contributed by atoms with E-state index in [1.165, 1.54) is 16.7 Å². The summed E-state index contributed by atoms with van der Waals surface area (Å²) in [6.45, 7) is -0.00101. The molecule has 4 rings (SSSR count). The van der Waals surface area contributed by atoms with Crippen molar-refractivity contribution in [1.29, 1.82) is 0 Å². The maximum absolute atomic E-state index is 12.8. The fourth-order valence-corrected chi connectivity index (χ4v) is 3.73. The summed E-state index contributed by atoms with van der Waals surface area (Å²) in [5, 5.41) is 11.4. The second kappa shape index (κ2) is 7.73. The molecular formula is C19H17N5O3S. The first kappa shape index (κ1) is 18.1. The average Bonchev–Trinajstić information content (AvgIpc) is 3.20. The molecule has 0 fully saturated rings. The quantitative estimate of drug-likeness (QED) is 0.667. The smallest absolute Gasteiger partial charge is 0.244 e. The fourth-order valence-electron chi connectivity index (χ4n) is 2.92. The number of rotatable bonds is 5. The van der Waals surface area contributed by atoms with Crippen molar-refractivity contribution in [3.05, 3.63) is 54.9 Å². The Morgan fingerprint density at radius 2 is 2.11 bits per heavy atom.